The minimum atomic E-state index is -0.914. The molecular weight excluding hydrogens is 262 g/mol. The summed E-state index contributed by atoms with van der Waals surface area (Å²) < 4.78 is 26.1. The summed E-state index contributed by atoms with van der Waals surface area (Å²) in [4.78, 5) is 11.9. The Bertz CT molecular complexity index is 426. The number of carbonyl (C=O) groups excluding carboxylic acids is 1. The molecule has 0 aliphatic carbocycles. The lowest BCUT2D eigenvalue weighted by atomic mass is 10.1. The summed E-state index contributed by atoms with van der Waals surface area (Å²) in [6.45, 7) is 1.18. The quantitative estimate of drug-likeness (QED) is 0.775. The Hall–Kier alpha value is -0.980. The fourth-order valence-electron chi connectivity index (χ4n) is 1.29. The molecule has 0 saturated carbocycles. The Morgan fingerprint density at radius 3 is 2.67 bits per heavy atom. The lowest BCUT2D eigenvalue weighted by molar-refractivity contribution is 0.0988. The Morgan fingerprint density at radius 1 is 1.44 bits per heavy atom. The van der Waals surface area contributed by atoms with Gasteiger partial charge in [0.1, 0.15) is 11.6 Å². The number of aliphatic hydroxyl groups is 2. The third-order valence-electron chi connectivity index (χ3n) is 2.32. The van der Waals surface area contributed by atoms with E-state index in [1.807, 2.05) is 0 Å². The first-order chi connectivity index (χ1) is 8.45. The van der Waals surface area contributed by atoms with E-state index in [0.717, 1.165) is 23.9 Å². The van der Waals surface area contributed by atoms with Gasteiger partial charge in [0, 0.05) is 11.8 Å². The van der Waals surface area contributed by atoms with E-state index in [9.17, 15) is 13.6 Å². The maximum atomic E-state index is 13.4. The van der Waals surface area contributed by atoms with E-state index in [2.05, 4.69) is 0 Å². The van der Waals surface area contributed by atoms with Crippen molar-refractivity contribution in [2.24, 2.45) is 0 Å². The fraction of sp³-hybridized carbons (Fsp3) is 0.417. The first kappa shape index (κ1) is 15.1. The zero-order valence-corrected chi connectivity index (χ0v) is 10.6. The second kappa shape index (κ2) is 6.82. The molecule has 100 valence electrons. The maximum Gasteiger partial charge on any atom is 0.178 e. The maximum absolute atomic E-state index is 13.4. The standard InChI is InChI=1S/C12H14F2O3S/c1-7(18-6-9(16)5-15)12(17)10-3-2-8(13)4-11(10)14/h2-4,7,9,15-16H,5-6H2,1H3. The summed E-state index contributed by atoms with van der Waals surface area (Å²) in [5.41, 5.74) is -0.171. The molecule has 0 saturated heterocycles. The fourth-order valence-corrected chi connectivity index (χ4v) is 2.19. The van der Waals surface area contributed by atoms with Crippen molar-refractivity contribution in [3.05, 3.63) is 35.4 Å². The molecule has 2 unspecified atom stereocenters. The van der Waals surface area contributed by atoms with Crippen LogP contribution in [0.3, 0.4) is 0 Å². The molecule has 0 amide bonds. The van der Waals surface area contributed by atoms with Gasteiger partial charge in [-0.05, 0) is 19.1 Å². The van der Waals surface area contributed by atoms with Gasteiger partial charge in [0.15, 0.2) is 5.78 Å². The van der Waals surface area contributed by atoms with Crippen molar-refractivity contribution in [1.82, 2.24) is 0 Å². The van der Waals surface area contributed by atoms with Crippen LogP contribution in [0.5, 0.6) is 0 Å². The van der Waals surface area contributed by atoms with E-state index < -0.39 is 35.4 Å². The second-order valence-electron chi connectivity index (χ2n) is 3.80. The molecule has 1 rings (SSSR count). The van der Waals surface area contributed by atoms with Gasteiger partial charge in [-0.15, -0.1) is 11.8 Å². The summed E-state index contributed by atoms with van der Waals surface area (Å²) >= 11 is 1.10. The van der Waals surface area contributed by atoms with Crippen molar-refractivity contribution in [2.45, 2.75) is 18.3 Å². The minimum Gasteiger partial charge on any atom is -0.394 e. The zero-order chi connectivity index (χ0) is 13.7. The number of hydrogen-bond donors (Lipinski definition) is 2. The molecule has 0 aliphatic heterocycles. The normalized spacial score (nSPS) is 14.3. The first-order valence-corrected chi connectivity index (χ1v) is 6.40. The summed E-state index contributed by atoms with van der Waals surface area (Å²) in [7, 11) is 0. The highest BCUT2D eigenvalue weighted by atomic mass is 32.2. The van der Waals surface area contributed by atoms with Crippen LogP contribution >= 0.6 is 11.8 Å². The zero-order valence-electron chi connectivity index (χ0n) is 9.77. The molecule has 0 radical (unpaired) electrons. The predicted octanol–water partition coefficient (Wildman–Crippen LogP) is 1.62. The third kappa shape index (κ3) is 4.04. The van der Waals surface area contributed by atoms with Crippen LogP contribution in [-0.2, 0) is 0 Å². The van der Waals surface area contributed by atoms with E-state index in [-0.39, 0.29) is 11.3 Å². The lowest BCUT2D eigenvalue weighted by Gasteiger charge is -2.13. The molecule has 0 fully saturated rings. The van der Waals surface area contributed by atoms with Gasteiger partial charge in [0.2, 0.25) is 0 Å². The van der Waals surface area contributed by atoms with Gasteiger partial charge < -0.3 is 10.2 Å². The number of hydrogen-bond acceptors (Lipinski definition) is 4. The molecule has 0 aliphatic rings. The summed E-state index contributed by atoms with van der Waals surface area (Å²) in [6, 6.07) is 2.79. The smallest absolute Gasteiger partial charge is 0.178 e. The molecule has 1 aromatic carbocycles. The number of ketones is 1. The van der Waals surface area contributed by atoms with Crippen LogP contribution in [0.15, 0.2) is 18.2 Å². The number of halogens is 2. The molecule has 0 spiro atoms. The van der Waals surface area contributed by atoms with Gasteiger partial charge in [-0.3, -0.25) is 4.79 Å². The highest BCUT2D eigenvalue weighted by Crippen LogP contribution is 2.19. The average Bonchev–Trinajstić information content (AvgIpc) is 2.34. The third-order valence-corrected chi connectivity index (χ3v) is 3.61. The van der Waals surface area contributed by atoms with E-state index in [1.165, 1.54) is 0 Å². The molecule has 0 aromatic heterocycles. The van der Waals surface area contributed by atoms with Crippen LogP contribution < -0.4 is 0 Å². The van der Waals surface area contributed by atoms with E-state index >= 15 is 0 Å². The molecule has 6 heteroatoms. The van der Waals surface area contributed by atoms with Crippen LogP contribution in [0.4, 0.5) is 8.78 Å². The van der Waals surface area contributed by atoms with Gasteiger partial charge in [0.25, 0.3) is 0 Å². The molecule has 0 bridgehead atoms. The van der Waals surface area contributed by atoms with Crippen LogP contribution in [0, 0.1) is 11.6 Å². The molecule has 2 N–H and O–H groups in total. The summed E-state index contributed by atoms with van der Waals surface area (Å²) in [5.74, 6) is -1.93. The number of Topliss-reactive ketones (excluding diaryl/α,β-unsaturated/α-hetero) is 1. The van der Waals surface area contributed by atoms with Crippen molar-refractivity contribution < 1.29 is 23.8 Å². The molecule has 3 nitrogen and oxygen atoms in total. The number of carbonyl (C=O) groups is 1. The molecule has 18 heavy (non-hydrogen) atoms. The molecule has 0 heterocycles. The molecule has 1 aromatic rings. The van der Waals surface area contributed by atoms with Crippen molar-refractivity contribution in [2.75, 3.05) is 12.4 Å². The van der Waals surface area contributed by atoms with Crippen molar-refractivity contribution in [1.29, 1.82) is 0 Å². The highest BCUT2D eigenvalue weighted by molar-refractivity contribution is 8.00. The average molecular weight is 276 g/mol. The van der Waals surface area contributed by atoms with Gasteiger partial charge in [-0.25, -0.2) is 8.78 Å². The SMILES string of the molecule is CC(SCC(O)CO)C(=O)c1ccc(F)cc1F. The van der Waals surface area contributed by atoms with Gasteiger partial charge in [-0.1, -0.05) is 0 Å². The van der Waals surface area contributed by atoms with E-state index in [0.29, 0.717) is 6.07 Å². The summed E-state index contributed by atoms with van der Waals surface area (Å²) in [5, 5.41) is 17.2. The minimum absolute atomic E-state index is 0.171. The van der Waals surface area contributed by atoms with Crippen molar-refractivity contribution >= 4 is 17.5 Å². The van der Waals surface area contributed by atoms with Crippen molar-refractivity contribution in [3.63, 3.8) is 0 Å². The first-order valence-electron chi connectivity index (χ1n) is 5.35. The highest BCUT2D eigenvalue weighted by Gasteiger charge is 2.20. The monoisotopic (exact) mass is 276 g/mol. The van der Waals surface area contributed by atoms with Crippen molar-refractivity contribution in [3.8, 4) is 0 Å². The molecular formula is C12H14F2O3S. The predicted molar refractivity (Wildman–Crippen MR) is 65.7 cm³/mol. The Balaban J connectivity index is 2.68. The Kier molecular flexibility index (Phi) is 5.71. The topological polar surface area (TPSA) is 57.5 Å². The second-order valence-corrected chi connectivity index (χ2v) is 5.17. The Labute approximate surface area is 108 Å². The largest absolute Gasteiger partial charge is 0.394 e. The van der Waals surface area contributed by atoms with Crippen LogP contribution in [-0.4, -0.2) is 39.7 Å². The van der Waals surface area contributed by atoms with Gasteiger partial charge in [-0.2, -0.15) is 0 Å². The van der Waals surface area contributed by atoms with Gasteiger partial charge in [0.05, 0.1) is 23.5 Å². The van der Waals surface area contributed by atoms with E-state index in [1.54, 1.807) is 6.92 Å². The Morgan fingerprint density at radius 2 is 2.11 bits per heavy atom. The number of benzene rings is 1. The van der Waals surface area contributed by atoms with Crippen LogP contribution in [0.2, 0.25) is 0 Å². The van der Waals surface area contributed by atoms with E-state index in [4.69, 9.17) is 10.2 Å². The number of rotatable bonds is 6. The lowest BCUT2D eigenvalue weighted by Crippen LogP contribution is -2.21. The summed E-state index contributed by atoms with van der Waals surface area (Å²) in [6.07, 6.45) is -0.914. The van der Waals surface area contributed by atoms with Crippen LogP contribution in [0.25, 0.3) is 0 Å². The van der Waals surface area contributed by atoms with Gasteiger partial charge >= 0.3 is 0 Å². The number of aliphatic hydroxyl groups excluding tert-OH is 2. The molecule has 2 atom stereocenters. The van der Waals surface area contributed by atoms with Crippen LogP contribution in [0.1, 0.15) is 17.3 Å². The number of thioether (sulfide) groups is 1.